The molecule has 2 N–H and O–H groups in total. The van der Waals surface area contributed by atoms with Crippen molar-refractivity contribution >= 4 is 11.9 Å². The molecule has 36 heavy (non-hydrogen) atoms. The molecule has 4 aromatic rings. The quantitative estimate of drug-likeness (QED) is 0.334. The SMILES string of the molecule is CC(OCc1ccccc1)C(NC(=O)c1cc(=O)n(-c2ccccc2)[nH]1)C(=O)OCc1ccccc1. The number of para-hydroxylation sites is 1. The Labute approximate surface area is 208 Å². The van der Waals surface area contributed by atoms with Crippen molar-refractivity contribution in [3.63, 3.8) is 0 Å². The van der Waals surface area contributed by atoms with Crippen LogP contribution in [0.1, 0.15) is 28.5 Å². The van der Waals surface area contributed by atoms with Gasteiger partial charge in [0.05, 0.1) is 18.4 Å². The van der Waals surface area contributed by atoms with Gasteiger partial charge < -0.3 is 14.8 Å². The van der Waals surface area contributed by atoms with Crippen molar-refractivity contribution in [2.75, 3.05) is 0 Å². The number of carbonyl (C=O) groups is 2. The molecule has 0 aliphatic carbocycles. The second-order valence-corrected chi connectivity index (χ2v) is 8.23. The first-order valence-electron chi connectivity index (χ1n) is 11.6. The third-order valence-electron chi connectivity index (χ3n) is 5.57. The fourth-order valence-electron chi connectivity index (χ4n) is 3.58. The number of aromatic amines is 1. The number of aromatic nitrogens is 2. The Morgan fingerprint density at radius 2 is 1.42 bits per heavy atom. The first-order valence-corrected chi connectivity index (χ1v) is 11.6. The van der Waals surface area contributed by atoms with Crippen LogP contribution in [0.4, 0.5) is 0 Å². The third kappa shape index (κ3) is 6.37. The Hall–Kier alpha value is -4.43. The van der Waals surface area contributed by atoms with Gasteiger partial charge in [0.2, 0.25) is 0 Å². The van der Waals surface area contributed by atoms with Crippen molar-refractivity contribution in [1.82, 2.24) is 15.1 Å². The van der Waals surface area contributed by atoms with Crippen LogP contribution < -0.4 is 10.9 Å². The minimum absolute atomic E-state index is 0.0139. The average Bonchev–Trinajstić information content (AvgIpc) is 3.32. The predicted molar refractivity (Wildman–Crippen MR) is 135 cm³/mol. The highest BCUT2D eigenvalue weighted by molar-refractivity contribution is 5.95. The van der Waals surface area contributed by atoms with Crippen molar-refractivity contribution < 1.29 is 19.1 Å². The minimum atomic E-state index is -1.10. The number of benzene rings is 3. The number of rotatable bonds is 10. The zero-order valence-electron chi connectivity index (χ0n) is 19.8. The number of nitrogens with one attached hydrogen (secondary N) is 2. The molecule has 0 fully saturated rings. The Bertz CT molecular complexity index is 1330. The van der Waals surface area contributed by atoms with Crippen molar-refractivity contribution in [3.8, 4) is 5.69 Å². The monoisotopic (exact) mass is 485 g/mol. The molecule has 1 amide bonds. The summed E-state index contributed by atoms with van der Waals surface area (Å²) in [6.07, 6.45) is -0.708. The lowest BCUT2D eigenvalue weighted by atomic mass is 10.1. The van der Waals surface area contributed by atoms with Gasteiger partial charge in [0.1, 0.15) is 12.3 Å². The van der Waals surface area contributed by atoms with E-state index >= 15 is 0 Å². The molecule has 0 spiro atoms. The maximum atomic E-state index is 13.1. The van der Waals surface area contributed by atoms with E-state index in [0.717, 1.165) is 11.1 Å². The third-order valence-corrected chi connectivity index (χ3v) is 5.57. The smallest absolute Gasteiger partial charge is 0.331 e. The van der Waals surface area contributed by atoms with Crippen molar-refractivity contribution in [2.45, 2.75) is 32.3 Å². The van der Waals surface area contributed by atoms with Crippen LogP contribution in [0.15, 0.2) is 102 Å². The van der Waals surface area contributed by atoms with Crippen LogP contribution in [-0.2, 0) is 27.5 Å². The normalized spacial score (nSPS) is 12.5. The van der Waals surface area contributed by atoms with Crippen LogP contribution in [0, 0.1) is 0 Å². The average molecular weight is 486 g/mol. The number of amides is 1. The standard InChI is InChI=1S/C28H27N3O5/c1-20(35-18-21-11-5-2-6-12-21)26(28(34)36-19-22-13-7-3-8-14-22)29-27(33)24-17-25(32)31(30-24)23-15-9-4-10-16-23/h2-17,20,26,30H,18-19H2,1H3,(H,29,33). The highest BCUT2D eigenvalue weighted by atomic mass is 16.5. The molecule has 8 heteroatoms. The summed E-state index contributed by atoms with van der Waals surface area (Å²) in [6.45, 7) is 2.00. The van der Waals surface area contributed by atoms with Gasteiger partial charge in [-0.15, -0.1) is 0 Å². The molecule has 1 heterocycles. The Morgan fingerprint density at radius 3 is 2.03 bits per heavy atom. The number of carbonyl (C=O) groups excluding carboxylic acids is 2. The second-order valence-electron chi connectivity index (χ2n) is 8.23. The summed E-state index contributed by atoms with van der Waals surface area (Å²) in [5, 5.41) is 5.47. The topological polar surface area (TPSA) is 102 Å². The molecule has 2 unspecified atom stereocenters. The molecule has 3 aromatic carbocycles. The molecule has 0 aliphatic rings. The van der Waals surface area contributed by atoms with Crippen molar-refractivity contribution in [3.05, 3.63) is 124 Å². The van der Waals surface area contributed by atoms with Gasteiger partial charge in [-0.2, -0.15) is 0 Å². The van der Waals surface area contributed by atoms with Gasteiger partial charge in [-0.3, -0.25) is 14.7 Å². The summed E-state index contributed by atoms with van der Waals surface area (Å²) >= 11 is 0. The first kappa shape index (κ1) is 24.7. The van der Waals surface area contributed by atoms with Crippen LogP contribution >= 0.6 is 0 Å². The van der Waals surface area contributed by atoms with E-state index in [2.05, 4.69) is 10.4 Å². The predicted octanol–water partition coefficient (Wildman–Crippen LogP) is 3.61. The summed E-state index contributed by atoms with van der Waals surface area (Å²) in [7, 11) is 0. The van der Waals surface area contributed by atoms with Gasteiger partial charge in [0.25, 0.3) is 11.5 Å². The molecule has 0 aliphatic heterocycles. The van der Waals surface area contributed by atoms with Crippen LogP contribution in [0.3, 0.4) is 0 Å². The molecule has 0 saturated heterocycles. The number of ether oxygens (including phenoxy) is 2. The van der Waals surface area contributed by atoms with E-state index in [1.54, 1.807) is 31.2 Å². The van der Waals surface area contributed by atoms with E-state index in [1.807, 2.05) is 66.7 Å². The number of nitrogens with zero attached hydrogens (tertiary/aromatic N) is 1. The van der Waals surface area contributed by atoms with Gasteiger partial charge in [-0.05, 0) is 30.2 Å². The van der Waals surface area contributed by atoms with Crippen molar-refractivity contribution in [2.24, 2.45) is 0 Å². The van der Waals surface area contributed by atoms with E-state index in [9.17, 15) is 14.4 Å². The lowest BCUT2D eigenvalue weighted by molar-refractivity contribution is -0.151. The Morgan fingerprint density at radius 1 is 0.861 bits per heavy atom. The molecule has 8 nitrogen and oxygen atoms in total. The van der Waals surface area contributed by atoms with E-state index in [4.69, 9.17) is 9.47 Å². The molecule has 0 saturated carbocycles. The molecule has 1 aromatic heterocycles. The summed E-state index contributed by atoms with van der Waals surface area (Å²) in [5.74, 6) is -1.27. The van der Waals surface area contributed by atoms with Crippen LogP contribution in [0.2, 0.25) is 0 Å². The summed E-state index contributed by atoms with van der Waals surface area (Å²) < 4.78 is 12.7. The second kappa shape index (κ2) is 11.8. The molecular weight excluding hydrogens is 458 g/mol. The minimum Gasteiger partial charge on any atom is -0.459 e. The largest absolute Gasteiger partial charge is 0.459 e. The molecule has 2 atom stereocenters. The first-order chi connectivity index (χ1) is 17.5. The fourth-order valence-corrected chi connectivity index (χ4v) is 3.58. The molecule has 184 valence electrons. The summed E-state index contributed by atoms with van der Waals surface area (Å²) in [5.41, 5.74) is 1.94. The van der Waals surface area contributed by atoms with Gasteiger partial charge in [0, 0.05) is 6.07 Å². The van der Waals surface area contributed by atoms with E-state index in [1.165, 1.54) is 10.7 Å². The lowest BCUT2D eigenvalue weighted by Crippen LogP contribution is -2.49. The molecule has 0 bridgehead atoms. The van der Waals surface area contributed by atoms with E-state index in [0.29, 0.717) is 5.69 Å². The van der Waals surface area contributed by atoms with Gasteiger partial charge >= 0.3 is 5.97 Å². The van der Waals surface area contributed by atoms with E-state index in [-0.39, 0.29) is 18.9 Å². The number of hydrogen-bond donors (Lipinski definition) is 2. The fraction of sp³-hybridized carbons (Fsp3) is 0.179. The number of esters is 1. The van der Waals surface area contributed by atoms with Crippen molar-refractivity contribution in [1.29, 1.82) is 0 Å². The summed E-state index contributed by atoms with van der Waals surface area (Å²) in [6, 6.07) is 27.7. The Kier molecular flexibility index (Phi) is 8.10. The number of H-pyrrole nitrogens is 1. The number of hydrogen-bond acceptors (Lipinski definition) is 5. The Balaban J connectivity index is 1.49. The van der Waals surface area contributed by atoms with Crippen LogP contribution in [0.25, 0.3) is 5.69 Å². The summed E-state index contributed by atoms with van der Waals surface area (Å²) in [4.78, 5) is 38.5. The zero-order valence-corrected chi connectivity index (χ0v) is 19.8. The van der Waals surface area contributed by atoms with Crippen LogP contribution in [-0.4, -0.2) is 33.8 Å². The van der Waals surface area contributed by atoms with Gasteiger partial charge in [0.15, 0.2) is 6.04 Å². The highest BCUT2D eigenvalue weighted by Crippen LogP contribution is 2.11. The molecular formula is C28H27N3O5. The van der Waals surface area contributed by atoms with Gasteiger partial charge in [-0.1, -0.05) is 78.9 Å². The maximum absolute atomic E-state index is 13.1. The van der Waals surface area contributed by atoms with Gasteiger partial charge in [-0.25, -0.2) is 9.48 Å². The highest BCUT2D eigenvalue weighted by Gasteiger charge is 2.30. The zero-order chi connectivity index (χ0) is 25.3. The maximum Gasteiger partial charge on any atom is 0.331 e. The van der Waals surface area contributed by atoms with Crippen LogP contribution in [0.5, 0.6) is 0 Å². The molecule has 4 rings (SSSR count). The lowest BCUT2D eigenvalue weighted by Gasteiger charge is -2.24. The molecule has 0 radical (unpaired) electrons. The van der Waals surface area contributed by atoms with E-state index < -0.39 is 29.6 Å².